The van der Waals surface area contributed by atoms with E-state index in [2.05, 4.69) is 41.0 Å². The summed E-state index contributed by atoms with van der Waals surface area (Å²) in [6.07, 6.45) is -0.222. The zero-order valence-corrected chi connectivity index (χ0v) is 12.0. The van der Waals surface area contributed by atoms with E-state index in [-0.39, 0.29) is 18.5 Å². The number of hydrogen-bond acceptors (Lipinski definition) is 3. The first-order valence-electron chi connectivity index (χ1n) is 6.38. The van der Waals surface area contributed by atoms with Gasteiger partial charge in [-0.05, 0) is 25.5 Å². The van der Waals surface area contributed by atoms with Gasteiger partial charge in [0.2, 0.25) is 0 Å². The van der Waals surface area contributed by atoms with E-state index in [1.54, 1.807) is 0 Å². The molecule has 0 radical (unpaired) electrons. The van der Waals surface area contributed by atoms with E-state index in [1.807, 2.05) is 6.92 Å². The van der Waals surface area contributed by atoms with Crippen LogP contribution in [0.15, 0.2) is 24.3 Å². The van der Waals surface area contributed by atoms with Crippen LogP contribution >= 0.6 is 12.4 Å². The van der Waals surface area contributed by atoms with E-state index in [0.29, 0.717) is 0 Å². The van der Waals surface area contributed by atoms with Crippen molar-refractivity contribution in [2.75, 3.05) is 37.6 Å². The first kappa shape index (κ1) is 15.3. The highest BCUT2D eigenvalue weighted by atomic mass is 35.5. The molecule has 1 aromatic carbocycles. The quantitative estimate of drug-likeness (QED) is 0.909. The summed E-state index contributed by atoms with van der Waals surface area (Å²) in [6.45, 7) is 9.00. The highest BCUT2D eigenvalue weighted by Crippen LogP contribution is 2.20. The summed E-state index contributed by atoms with van der Waals surface area (Å²) in [5.41, 5.74) is 2.70. The zero-order valence-electron chi connectivity index (χ0n) is 11.2. The van der Waals surface area contributed by atoms with Crippen LogP contribution in [0.3, 0.4) is 0 Å². The normalized spacial score (nSPS) is 18.3. The number of nitrogens with zero attached hydrogens (tertiary/aromatic N) is 2. The van der Waals surface area contributed by atoms with E-state index in [4.69, 9.17) is 0 Å². The first-order valence-corrected chi connectivity index (χ1v) is 6.38. The molecule has 3 nitrogen and oxygen atoms in total. The molecule has 1 saturated heterocycles. The third kappa shape index (κ3) is 3.87. The van der Waals surface area contributed by atoms with Crippen molar-refractivity contribution in [1.29, 1.82) is 0 Å². The lowest BCUT2D eigenvalue weighted by molar-refractivity contribution is 0.122. The third-order valence-corrected chi connectivity index (χ3v) is 3.35. The largest absolute Gasteiger partial charge is 0.392 e. The van der Waals surface area contributed by atoms with Gasteiger partial charge in [-0.15, -0.1) is 12.4 Å². The predicted octanol–water partition coefficient (Wildman–Crippen LogP) is 1.92. The number of para-hydroxylation sites is 1. The van der Waals surface area contributed by atoms with Crippen LogP contribution in [-0.2, 0) is 0 Å². The number of aliphatic hydroxyl groups is 1. The molecule has 0 amide bonds. The van der Waals surface area contributed by atoms with Crippen molar-refractivity contribution in [3.63, 3.8) is 0 Å². The maximum absolute atomic E-state index is 9.38. The SMILES string of the molecule is Cc1ccccc1N1CCN(CC(C)O)CC1.Cl. The molecule has 1 aliphatic rings. The molecule has 1 heterocycles. The Morgan fingerprint density at radius 3 is 2.33 bits per heavy atom. The van der Waals surface area contributed by atoms with Gasteiger partial charge >= 0.3 is 0 Å². The Kier molecular flexibility index (Phi) is 5.93. The molecule has 0 aromatic heterocycles. The average Bonchev–Trinajstić information content (AvgIpc) is 2.30. The molecule has 1 aromatic rings. The molecule has 1 aliphatic heterocycles. The van der Waals surface area contributed by atoms with Gasteiger partial charge in [-0.25, -0.2) is 0 Å². The molecule has 0 aliphatic carbocycles. The second-order valence-electron chi connectivity index (χ2n) is 4.92. The Morgan fingerprint density at radius 2 is 1.78 bits per heavy atom. The summed E-state index contributed by atoms with van der Waals surface area (Å²) in [5, 5.41) is 9.38. The van der Waals surface area contributed by atoms with Gasteiger partial charge in [-0.1, -0.05) is 18.2 Å². The van der Waals surface area contributed by atoms with Crippen LogP contribution in [0, 0.1) is 6.92 Å². The van der Waals surface area contributed by atoms with Crippen molar-refractivity contribution in [1.82, 2.24) is 4.90 Å². The lowest BCUT2D eigenvalue weighted by Gasteiger charge is -2.37. The van der Waals surface area contributed by atoms with Crippen LogP contribution in [0.25, 0.3) is 0 Å². The van der Waals surface area contributed by atoms with Crippen molar-refractivity contribution < 1.29 is 5.11 Å². The summed E-state index contributed by atoms with van der Waals surface area (Å²) in [7, 11) is 0. The van der Waals surface area contributed by atoms with Gasteiger partial charge in [0.1, 0.15) is 0 Å². The fourth-order valence-corrected chi connectivity index (χ4v) is 2.46. The minimum Gasteiger partial charge on any atom is -0.392 e. The van der Waals surface area contributed by atoms with Gasteiger partial charge in [0.05, 0.1) is 6.10 Å². The standard InChI is InChI=1S/C14H22N2O.ClH/c1-12-5-3-4-6-14(12)16-9-7-15(8-10-16)11-13(2)17;/h3-6,13,17H,7-11H2,1-2H3;1H. The molecule has 1 atom stereocenters. The number of rotatable bonds is 3. The molecule has 1 N–H and O–H groups in total. The second-order valence-corrected chi connectivity index (χ2v) is 4.92. The maximum Gasteiger partial charge on any atom is 0.0639 e. The minimum absolute atomic E-state index is 0. The highest BCUT2D eigenvalue weighted by Gasteiger charge is 2.18. The molecule has 1 unspecified atom stereocenters. The molecule has 102 valence electrons. The van der Waals surface area contributed by atoms with Crippen LogP contribution < -0.4 is 4.90 Å². The average molecular weight is 271 g/mol. The first-order chi connectivity index (χ1) is 8.16. The number of hydrogen-bond donors (Lipinski definition) is 1. The molecule has 0 bridgehead atoms. The van der Waals surface area contributed by atoms with Crippen molar-refractivity contribution >= 4 is 18.1 Å². The monoisotopic (exact) mass is 270 g/mol. The number of benzene rings is 1. The lowest BCUT2D eigenvalue weighted by Crippen LogP contribution is -2.48. The van der Waals surface area contributed by atoms with Gasteiger partial charge in [-0.2, -0.15) is 0 Å². The van der Waals surface area contributed by atoms with E-state index in [0.717, 1.165) is 32.7 Å². The Morgan fingerprint density at radius 1 is 1.17 bits per heavy atom. The molecular weight excluding hydrogens is 248 g/mol. The Bertz CT molecular complexity index is 363. The summed E-state index contributed by atoms with van der Waals surface area (Å²) < 4.78 is 0. The van der Waals surface area contributed by atoms with E-state index in [9.17, 15) is 5.11 Å². The predicted molar refractivity (Wildman–Crippen MR) is 78.8 cm³/mol. The fraction of sp³-hybridized carbons (Fsp3) is 0.571. The Balaban J connectivity index is 0.00000162. The summed E-state index contributed by atoms with van der Waals surface area (Å²) in [4.78, 5) is 4.77. The highest BCUT2D eigenvalue weighted by molar-refractivity contribution is 5.85. The number of β-amino-alcohol motifs (C(OH)–C–C–N with tert-alkyl or cyclic N) is 1. The van der Waals surface area contributed by atoms with Crippen molar-refractivity contribution in [3.8, 4) is 0 Å². The Hall–Kier alpha value is -0.770. The zero-order chi connectivity index (χ0) is 12.3. The van der Waals surface area contributed by atoms with E-state index >= 15 is 0 Å². The molecule has 1 fully saturated rings. The number of piperazine rings is 1. The van der Waals surface area contributed by atoms with Crippen molar-refractivity contribution in [3.05, 3.63) is 29.8 Å². The van der Waals surface area contributed by atoms with Crippen LogP contribution in [0.4, 0.5) is 5.69 Å². The molecule has 0 saturated carbocycles. The number of aliphatic hydroxyl groups excluding tert-OH is 1. The fourth-order valence-electron chi connectivity index (χ4n) is 2.46. The number of aryl methyl sites for hydroxylation is 1. The molecule has 4 heteroatoms. The van der Waals surface area contributed by atoms with Crippen molar-refractivity contribution in [2.24, 2.45) is 0 Å². The smallest absolute Gasteiger partial charge is 0.0639 e. The third-order valence-electron chi connectivity index (χ3n) is 3.35. The molecule has 18 heavy (non-hydrogen) atoms. The maximum atomic E-state index is 9.38. The van der Waals surface area contributed by atoms with Crippen LogP contribution in [-0.4, -0.2) is 48.8 Å². The van der Waals surface area contributed by atoms with Crippen molar-refractivity contribution in [2.45, 2.75) is 20.0 Å². The van der Waals surface area contributed by atoms with E-state index < -0.39 is 0 Å². The molecule has 2 rings (SSSR count). The van der Waals surface area contributed by atoms with Crippen LogP contribution in [0.2, 0.25) is 0 Å². The van der Waals surface area contributed by atoms with E-state index in [1.165, 1.54) is 11.3 Å². The van der Waals surface area contributed by atoms with Crippen LogP contribution in [0.5, 0.6) is 0 Å². The summed E-state index contributed by atoms with van der Waals surface area (Å²) in [6, 6.07) is 8.55. The minimum atomic E-state index is -0.222. The molecular formula is C14H23ClN2O. The van der Waals surface area contributed by atoms with Crippen LogP contribution in [0.1, 0.15) is 12.5 Å². The van der Waals surface area contributed by atoms with Gasteiger partial charge in [0.25, 0.3) is 0 Å². The number of anilines is 1. The van der Waals surface area contributed by atoms with Gasteiger partial charge in [0.15, 0.2) is 0 Å². The van der Waals surface area contributed by atoms with Gasteiger partial charge < -0.3 is 10.0 Å². The summed E-state index contributed by atoms with van der Waals surface area (Å²) >= 11 is 0. The summed E-state index contributed by atoms with van der Waals surface area (Å²) in [5.74, 6) is 0. The van der Waals surface area contributed by atoms with Gasteiger partial charge in [-0.3, -0.25) is 4.90 Å². The molecule has 0 spiro atoms. The second kappa shape index (κ2) is 6.98. The topological polar surface area (TPSA) is 26.7 Å². The lowest BCUT2D eigenvalue weighted by atomic mass is 10.1. The Labute approximate surface area is 116 Å². The number of halogens is 1. The van der Waals surface area contributed by atoms with Gasteiger partial charge in [0, 0.05) is 38.4 Å².